The van der Waals surface area contributed by atoms with Crippen molar-refractivity contribution in [3.63, 3.8) is 0 Å². The zero-order valence-corrected chi connectivity index (χ0v) is 13.4. The molecule has 2 aromatic rings. The average molecular weight is 335 g/mol. The molecule has 0 saturated heterocycles. The normalized spacial score (nSPS) is 13.8. The fourth-order valence-corrected chi connectivity index (χ4v) is 3.30. The van der Waals surface area contributed by atoms with Crippen molar-refractivity contribution in [2.45, 2.75) is 30.8 Å². The summed E-state index contributed by atoms with van der Waals surface area (Å²) in [4.78, 5) is 12.3. The number of aromatic nitrogens is 3. The highest BCUT2D eigenvalue weighted by Gasteiger charge is 2.18. The summed E-state index contributed by atoms with van der Waals surface area (Å²) >= 11 is 0. The van der Waals surface area contributed by atoms with Crippen molar-refractivity contribution >= 4 is 15.9 Å². The van der Waals surface area contributed by atoms with Gasteiger partial charge in [-0.05, 0) is 31.7 Å². The number of carbonyl (C=O) groups is 1. The van der Waals surface area contributed by atoms with Crippen molar-refractivity contribution in [2.24, 2.45) is 0 Å². The number of amides is 1. The molecule has 2 heterocycles. The van der Waals surface area contributed by atoms with Crippen LogP contribution in [0.4, 0.5) is 0 Å². The van der Waals surface area contributed by atoms with Crippen LogP contribution >= 0.6 is 0 Å². The van der Waals surface area contributed by atoms with Gasteiger partial charge in [0.25, 0.3) is 5.91 Å². The fourth-order valence-electron chi connectivity index (χ4n) is 2.53. The third-order valence-corrected chi connectivity index (χ3v) is 5.18. The summed E-state index contributed by atoms with van der Waals surface area (Å²) in [5.74, 6) is 1.30. The van der Waals surface area contributed by atoms with Gasteiger partial charge < -0.3 is 9.88 Å². The molecule has 2 N–H and O–H groups in total. The van der Waals surface area contributed by atoms with Gasteiger partial charge in [-0.15, -0.1) is 10.2 Å². The van der Waals surface area contributed by atoms with Crippen LogP contribution in [-0.2, 0) is 29.5 Å². The molecule has 1 aliphatic heterocycles. The number of aryl methyl sites for hydroxylation is 1. The lowest BCUT2D eigenvalue weighted by Gasteiger charge is -2.07. The molecule has 0 spiro atoms. The van der Waals surface area contributed by atoms with E-state index in [1.807, 2.05) is 4.57 Å². The van der Waals surface area contributed by atoms with Gasteiger partial charge >= 0.3 is 0 Å². The molecule has 122 valence electrons. The van der Waals surface area contributed by atoms with E-state index < -0.39 is 10.0 Å². The summed E-state index contributed by atoms with van der Waals surface area (Å²) in [5, 5.41) is 10.9. The predicted octanol–water partition coefficient (Wildman–Crippen LogP) is 0.0624. The molecule has 0 radical (unpaired) electrons. The van der Waals surface area contributed by atoms with E-state index in [4.69, 9.17) is 0 Å². The molecule has 0 saturated carbocycles. The van der Waals surface area contributed by atoms with Crippen LogP contribution in [0.5, 0.6) is 0 Å². The van der Waals surface area contributed by atoms with Gasteiger partial charge in [0.1, 0.15) is 5.82 Å². The Labute approximate surface area is 134 Å². The van der Waals surface area contributed by atoms with Gasteiger partial charge in [-0.25, -0.2) is 13.1 Å². The van der Waals surface area contributed by atoms with Crippen LogP contribution in [0.2, 0.25) is 0 Å². The maximum absolute atomic E-state index is 12.2. The Kier molecular flexibility index (Phi) is 4.14. The van der Waals surface area contributed by atoms with E-state index in [-0.39, 0.29) is 22.9 Å². The molecule has 23 heavy (non-hydrogen) atoms. The molecule has 1 amide bonds. The summed E-state index contributed by atoms with van der Waals surface area (Å²) in [7, 11) is -2.25. The molecule has 0 fully saturated rings. The molecule has 0 aliphatic carbocycles. The van der Waals surface area contributed by atoms with Crippen LogP contribution < -0.4 is 10.0 Å². The summed E-state index contributed by atoms with van der Waals surface area (Å²) in [6.07, 6.45) is 1.95. The van der Waals surface area contributed by atoms with E-state index in [1.54, 1.807) is 6.07 Å². The summed E-state index contributed by atoms with van der Waals surface area (Å²) in [6.45, 7) is 1.12. The first-order valence-electron chi connectivity index (χ1n) is 7.24. The quantitative estimate of drug-likeness (QED) is 0.804. The van der Waals surface area contributed by atoms with E-state index in [1.165, 1.54) is 25.2 Å². The molecule has 9 heteroatoms. The minimum atomic E-state index is -3.58. The maximum atomic E-state index is 12.2. The number of hydrogen-bond acceptors (Lipinski definition) is 5. The number of carbonyl (C=O) groups excluding carboxylic acids is 1. The Bertz CT molecular complexity index is 844. The first-order valence-corrected chi connectivity index (χ1v) is 8.72. The van der Waals surface area contributed by atoms with E-state index in [0.29, 0.717) is 5.82 Å². The predicted molar refractivity (Wildman–Crippen MR) is 82.2 cm³/mol. The lowest BCUT2D eigenvalue weighted by molar-refractivity contribution is 0.0949. The second-order valence-electron chi connectivity index (χ2n) is 5.21. The second kappa shape index (κ2) is 6.09. The summed E-state index contributed by atoms with van der Waals surface area (Å²) < 4.78 is 27.8. The maximum Gasteiger partial charge on any atom is 0.251 e. The molecular weight excluding hydrogens is 318 g/mol. The average Bonchev–Trinajstić information content (AvgIpc) is 3.16. The van der Waals surface area contributed by atoms with Crippen molar-refractivity contribution in [3.05, 3.63) is 41.5 Å². The Hall–Kier alpha value is -2.26. The number of benzene rings is 1. The van der Waals surface area contributed by atoms with Crippen molar-refractivity contribution in [1.82, 2.24) is 24.8 Å². The SMILES string of the molecule is CNS(=O)(=O)c1cccc(C(=O)NCc2nnc3n2CCC3)c1. The number of rotatable bonds is 5. The first-order chi connectivity index (χ1) is 11.0. The van der Waals surface area contributed by atoms with Gasteiger partial charge in [0.15, 0.2) is 5.82 Å². The molecule has 8 nitrogen and oxygen atoms in total. The van der Waals surface area contributed by atoms with Gasteiger partial charge in [-0.1, -0.05) is 6.07 Å². The molecule has 0 bridgehead atoms. The standard InChI is InChI=1S/C14H17N5O3S/c1-15-23(21,22)11-5-2-4-10(8-11)14(20)16-9-13-18-17-12-6-3-7-19(12)13/h2,4-5,8,15H,3,6-7,9H2,1H3,(H,16,20). The van der Waals surface area contributed by atoms with Gasteiger partial charge in [-0.3, -0.25) is 4.79 Å². The molecule has 0 unspecified atom stereocenters. The Morgan fingerprint density at radius 2 is 2.17 bits per heavy atom. The fraction of sp³-hybridized carbons (Fsp3) is 0.357. The highest BCUT2D eigenvalue weighted by Crippen LogP contribution is 2.14. The van der Waals surface area contributed by atoms with Crippen LogP contribution in [-0.4, -0.2) is 36.1 Å². The van der Waals surface area contributed by atoms with Gasteiger partial charge in [0.2, 0.25) is 10.0 Å². The van der Waals surface area contributed by atoms with Crippen molar-refractivity contribution in [1.29, 1.82) is 0 Å². The van der Waals surface area contributed by atoms with Crippen molar-refractivity contribution in [3.8, 4) is 0 Å². The number of fused-ring (bicyclic) bond motifs is 1. The van der Waals surface area contributed by atoms with Gasteiger partial charge in [0, 0.05) is 18.5 Å². The van der Waals surface area contributed by atoms with E-state index >= 15 is 0 Å². The third-order valence-electron chi connectivity index (χ3n) is 3.77. The van der Waals surface area contributed by atoms with E-state index in [2.05, 4.69) is 20.2 Å². The van der Waals surface area contributed by atoms with Crippen LogP contribution in [0.1, 0.15) is 28.4 Å². The third kappa shape index (κ3) is 3.10. The van der Waals surface area contributed by atoms with E-state index in [0.717, 1.165) is 25.2 Å². The lowest BCUT2D eigenvalue weighted by atomic mass is 10.2. The second-order valence-corrected chi connectivity index (χ2v) is 7.09. The summed E-state index contributed by atoms with van der Waals surface area (Å²) in [5.41, 5.74) is 0.280. The minimum absolute atomic E-state index is 0.0519. The van der Waals surface area contributed by atoms with Gasteiger partial charge in [0.05, 0.1) is 11.4 Å². The van der Waals surface area contributed by atoms with Crippen molar-refractivity contribution in [2.75, 3.05) is 7.05 Å². The summed E-state index contributed by atoms with van der Waals surface area (Å²) in [6, 6.07) is 5.88. The number of nitrogens with one attached hydrogen (secondary N) is 2. The Balaban J connectivity index is 1.72. The molecular formula is C14H17N5O3S. The molecule has 0 atom stereocenters. The van der Waals surface area contributed by atoms with Crippen LogP contribution in [0.3, 0.4) is 0 Å². The van der Waals surface area contributed by atoms with Crippen LogP contribution in [0.15, 0.2) is 29.2 Å². The lowest BCUT2D eigenvalue weighted by Crippen LogP contribution is -2.25. The number of hydrogen-bond donors (Lipinski definition) is 2. The Morgan fingerprint density at radius 3 is 2.96 bits per heavy atom. The molecule has 1 aliphatic rings. The topological polar surface area (TPSA) is 106 Å². The van der Waals surface area contributed by atoms with Crippen LogP contribution in [0.25, 0.3) is 0 Å². The number of nitrogens with zero attached hydrogens (tertiary/aromatic N) is 3. The largest absolute Gasteiger partial charge is 0.345 e. The minimum Gasteiger partial charge on any atom is -0.345 e. The molecule has 3 rings (SSSR count). The number of sulfonamides is 1. The monoisotopic (exact) mass is 335 g/mol. The molecule has 1 aromatic heterocycles. The smallest absolute Gasteiger partial charge is 0.251 e. The van der Waals surface area contributed by atoms with Gasteiger partial charge in [-0.2, -0.15) is 0 Å². The van der Waals surface area contributed by atoms with E-state index in [9.17, 15) is 13.2 Å². The van der Waals surface area contributed by atoms with Crippen LogP contribution in [0, 0.1) is 0 Å². The first kappa shape index (κ1) is 15.6. The highest BCUT2D eigenvalue weighted by atomic mass is 32.2. The zero-order chi connectivity index (χ0) is 16.4. The van der Waals surface area contributed by atoms with Crippen molar-refractivity contribution < 1.29 is 13.2 Å². The zero-order valence-electron chi connectivity index (χ0n) is 12.6. The Morgan fingerprint density at radius 1 is 1.35 bits per heavy atom. The highest BCUT2D eigenvalue weighted by molar-refractivity contribution is 7.89. The molecule has 1 aromatic carbocycles.